The number of hydrogen-bond acceptors (Lipinski definition) is 5. The van der Waals surface area contributed by atoms with Crippen molar-refractivity contribution < 1.29 is 4.74 Å². The number of nitrogens with zero attached hydrogens (tertiary/aromatic N) is 2. The average Bonchev–Trinajstić information content (AvgIpc) is 2.88. The monoisotopic (exact) mass is 269 g/mol. The minimum Gasteiger partial charge on any atom is -0.381 e. The van der Waals surface area contributed by atoms with Gasteiger partial charge in [0.1, 0.15) is 0 Å². The largest absolute Gasteiger partial charge is 0.381 e. The molecule has 0 atom stereocenters. The van der Waals surface area contributed by atoms with E-state index in [1.165, 1.54) is 6.42 Å². The Hall–Kier alpha value is -0.650. The quantitative estimate of drug-likeness (QED) is 0.804. The molecule has 0 radical (unpaired) electrons. The highest BCUT2D eigenvalue weighted by Gasteiger charge is 2.20. The van der Waals surface area contributed by atoms with Crippen molar-refractivity contribution in [3.05, 3.63) is 11.1 Å². The Morgan fingerprint density at radius 2 is 2.28 bits per heavy atom. The van der Waals surface area contributed by atoms with Gasteiger partial charge >= 0.3 is 0 Å². The van der Waals surface area contributed by atoms with Crippen LogP contribution in [0, 0.1) is 0 Å². The molecule has 18 heavy (non-hydrogen) atoms. The number of thiazole rings is 1. The molecule has 5 heteroatoms. The zero-order valence-corrected chi connectivity index (χ0v) is 12.1. The van der Waals surface area contributed by atoms with Gasteiger partial charge in [-0.15, -0.1) is 11.3 Å². The zero-order valence-electron chi connectivity index (χ0n) is 11.3. The van der Waals surface area contributed by atoms with Crippen molar-refractivity contribution in [2.45, 2.75) is 38.8 Å². The van der Waals surface area contributed by atoms with Gasteiger partial charge in [-0.3, -0.25) is 0 Å². The fourth-order valence-electron chi connectivity index (χ4n) is 2.16. The minimum absolute atomic E-state index is 0.585. The van der Waals surface area contributed by atoms with E-state index in [1.807, 2.05) is 0 Å². The summed E-state index contributed by atoms with van der Waals surface area (Å²) in [4.78, 5) is 7.01. The van der Waals surface area contributed by atoms with Gasteiger partial charge in [-0.2, -0.15) is 0 Å². The van der Waals surface area contributed by atoms with Crippen LogP contribution >= 0.6 is 11.3 Å². The van der Waals surface area contributed by atoms with Crippen LogP contribution in [0.1, 0.15) is 31.9 Å². The van der Waals surface area contributed by atoms with Gasteiger partial charge in [0.25, 0.3) is 0 Å². The lowest BCUT2D eigenvalue weighted by molar-refractivity contribution is 0.0855. The highest BCUT2D eigenvalue weighted by molar-refractivity contribution is 7.13. The van der Waals surface area contributed by atoms with Gasteiger partial charge in [0.05, 0.1) is 5.69 Å². The highest BCUT2D eigenvalue weighted by Crippen LogP contribution is 2.24. The van der Waals surface area contributed by atoms with Gasteiger partial charge in [-0.1, -0.05) is 6.92 Å². The third-order valence-electron chi connectivity index (χ3n) is 3.31. The molecular formula is C13H23N3OS. The van der Waals surface area contributed by atoms with Crippen LogP contribution in [0.25, 0.3) is 0 Å². The summed E-state index contributed by atoms with van der Waals surface area (Å²) in [5.41, 5.74) is 1.15. The Morgan fingerprint density at radius 3 is 3.00 bits per heavy atom. The van der Waals surface area contributed by atoms with Crippen molar-refractivity contribution >= 4 is 16.5 Å². The molecule has 0 unspecified atom stereocenters. The van der Waals surface area contributed by atoms with Crippen molar-refractivity contribution in [2.24, 2.45) is 0 Å². The number of aromatic nitrogens is 1. The summed E-state index contributed by atoms with van der Waals surface area (Å²) >= 11 is 1.74. The summed E-state index contributed by atoms with van der Waals surface area (Å²) in [5, 5.41) is 6.68. The third kappa shape index (κ3) is 3.67. The second-order valence-electron chi connectivity index (χ2n) is 4.75. The number of nitrogens with one attached hydrogen (secondary N) is 1. The van der Waals surface area contributed by atoms with Crippen LogP contribution in [0.2, 0.25) is 0 Å². The standard InChI is InChI=1S/C13H23N3OS/c1-3-6-14-9-11-10-18-13(15-11)16(2)12-4-7-17-8-5-12/h10,12,14H,3-9H2,1-2H3. The molecule has 0 saturated carbocycles. The van der Waals surface area contributed by atoms with E-state index in [0.29, 0.717) is 6.04 Å². The Morgan fingerprint density at radius 1 is 1.50 bits per heavy atom. The van der Waals surface area contributed by atoms with E-state index >= 15 is 0 Å². The van der Waals surface area contributed by atoms with Crippen molar-refractivity contribution in [3.8, 4) is 0 Å². The molecule has 2 heterocycles. The summed E-state index contributed by atoms with van der Waals surface area (Å²) in [6.07, 6.45) is 3.39. The van der Waals surface area contributed by atoms with Crippen LogP contribution in [-0.4, -0.2) is 37.8 Å². The maximum absolute atomic E-state index is 5.40. The highest BCUT2D eigenvalue weighted by atomic mass is 32.1. The van der Waals surface area contributed by atoms with Crippen LogP contribution in [0.15, 0.2) is 5.38 Å². The molecule has 1 saturated heterocycles. The van der Waals surface area contributed by atoms with E-state index < -0.39 is 0 Å². The number of ether oxygens (including phenoxy) is 1. The average molecular weight is 269 g/mol. The molecule has 0 amide bonds. The first-order valence-corrected chi connectivity index (χ1v) is 7.65. The number of rotatable bonds is 6. The van der Waals surface area contributed by atoms with Gasteiger partial charge in [-0.25, -0.2) is 4.98 Å². The summed E-state index contributed by atoms with van der Waals surface area (Å²) in [7, 11) is 2.15. The number of anilines is 1. The predicted molar refractivity (Wildman–Crippen MR) is 76.4 cm³/mol. The van der Waals surface area contributed by atoms with Crippen LogP contribution in [0.4, 0.5) is 5.13 Å². The Kier molecular flexibility index (Phi) is 5.41. The maximum Gasteiger partial charge on any atom is 0.185 e. The number of hydrogen-bond donors (Lipinski definition) is 1. The van der Waals surface area contributed by atoms with Crippen LogP contribution in [0.3, 0.4) is 0 Å². The molecule has 2 rings (SSSR count). The molecular weight excluding hydrogens is 246 g/mol. The second kappa shape index (κ2) is 7.07. The van der Waals surface area contributed by atoms with Crippen molar-refractivity contribution in [1.82, 2.24) is 10.3 Å². The molecule has 1 aliphatic heterocycles. The summed E-state index contributed by atoms with van der Waals surface area (Å²) in [5.74, 6) is 0. The van der Waals surface area contributed by atoms with E-state index in [0.717, 1.165) is 50.0 Å². The van der Waals surface area contributed by atoms with Crippen LogP contribution < -0.4 is 10.2 Å². The van der Waals surface area contributed by atoms with Gasteiger partial charge in [0.2, 0.25) is 0 Å². The van der Waals surface area contributed by atoms with E-state index in [4.69, 9.17) is 9.72 Å². The fourth-order valence-corrected chi connectivity index (χ4v) is 3.02. The fraction of sp³-hybridized carbons (Fsp3) is 0.769. The molecule has 1 aromatic rings. The van der Waals surface area contributed by atoms with E-state index in [-0.39, 0.29) is 0 Å². The smallest absolute Gasteiger partial charge is 0.185 e. The normalized spacial score (nSPS) is 17.0. The molecule has 1 fully saturated rings. The predicted octanol–water partition coefficient (Wildman–Crippen LogP) is 2.26. The van der Waals surface area contributed by atoms with E-state index in [9.17, 15) is 0 Å². The first kappa shape index (κ1) is 13.8. The molecule has 4 nitrogen and oxygen atoms in total. The lowest BCUT2D eigenvalue weighted by atomic mass is 10.1. The van der Waals surface area contributed by atoms with Gasteiger partial charge in [-0.05, 0) is 25.8 Å². The molecule has 1 aliphatic rings. The van der Waals surface area contributed by atoms with Crippen molar-refractivity contribution in [3.63, 3.8) is 0 Å². The van der Waals surface area contributed by atoms with Gasteiger partial charge in [0.15, 0.2) is 5.13 Å². The molecule has 0 aliphatic carbocycles. The van der Waals surface area contributed by atoms with Crippen molar-refractivity contribution in [2.75, 3.05) is 31.7 Å². The Labute approximate surface area is 113 Å². The van der Waals surface area contributed by atoms with Crippen LogP contribution in [0.5, 0.6) is 0 Å². The molecule has 0 aromatic carbocycles. The molecule has 1 N–H and O–H groups in total. The van der Waals surface area contributed by atoms with Crippen LogP contribution in [-0.2, 0) is 11.3 Å². The second-order valence-corrected chi connectivity index (χ2v) is 5.59. The molecule has 1 aromatic heterocycles. The zero-order chi connectivity index (χ0) is 12.8. The SMILES string of the molecule is CCCNCc1csc(N(C)C2CCOCC2)n1. The minimum atomic E-state index is 0.585. The summed E-state index contributed by atoms with van der Waals surface area (Å²) in [6.45, 7) is 5.88. The molecule has 102 valence electrons. The summed E-state index contributed by atoms with van der Waals surface area (Å²) in [6, 6.07) is 0.585. The maximum atomic E-state index is 5.40. The first-order chi connectivity index (χ1) is 8.81. The Bertz CT molecular complexity index is 350. The lowest BCUT2D eigenvalue weighted by Crippen LogP contribution is -2.36. The van der Waals surface area contributed by atoms with Crippen molar-refractivity contribution in [1.29, 1.82) is 0 Å². The van der Waals surface area contributed by atoms with Gasteiger partial charge < -0.3 is 15.0 Å². The van der Waals surface area contributed by atoms with Gasteiger partial charge in [0, 0.05) is 38.2 Å². The first-order valence-electron chi connectivity index (χ1n) is 6.77. The Balaban J connectivity index is 1.87. The third-order valence-corrected chi connectivity index (χ3v) is 4.29. The summed E-state index contributed by atoms with van der Waals surface area (Å²) < 4.78 is 5.40. The molecule has 0 spiro atoms. The lowest BCUT2D eigenvalue weighted by Gasteiger charge is -2.30. The van der Waals surface area contributed by atoms with E-state index in [2.05, 4.69) is 29.6 Å². The topological polar surface area (TPSA) is 37.4 Å². The van der Waals surface area contributed by atoms with E-state index in [1.54, 1.807) is 11.3 Å². The molecule has 0 bridgehead atoms.